The number of hydrogen-bond donors (Lipinski definition) is 1. The van der Waals surface area contributed by atoms with E-state index < -0.39 is 0 Å². The van der Waals surface area contributed by atoms with Gasteiger partial charge in [0, 0.05) is 36.9 Å². The van der Waals surface area contributed by atoms with E-state index in [1.807, 2.05) is 13.0 Å². The van der Waals surface area contributed by atoms with E-state index in [2.05, 4.69) is 29.7 Å². The third-order valence-electron chi connectivity index (χ3n) is 4.11. The lowest BCUT2D eigenvalue weighted by atomic mass is 10.2. The van der Waals surface area contributed by atoms with Crippen LogP contribution < -0.4 is 10.6 Å². The fourth-order valence-corrected chi connectivity index (χ4v) is 2.98. The van der Waals surface area contributed by atoms with Crippen LogP contribution in [-0.2, 0) is 6.54 Å². The Morgan fingerprint density at radius 1 is 1.37 bits per heavy atom. The van der Waals surface area contributed by atoms with Gasteiger partial charge in [0.1, 0.15) is 5.82 Å². The fourth-order valence-electron chi connectivity index (χ4n) is 2.98. The second kappa shape index (κ2) is 6.35. The molecular formula is C15H26N4. The molecule has 0 bridgehead atoms. The Hall–Kier alpha value is -1.13. The molecule has 0 saturated carbocycles. The molecule has 4 heteroatoms. The van der Waals surface area contributed by atoms with Crippen LogP contribution in [0, 0.1) is 6.92 Å². The molecule has 106 valence electrons. The lowest BCUT2D eigenvalue weighted by Gasteiger charge is -2.27. The van der Waals surface area contributed by atoms with Gasteiger partial charge in [-0.15, -0.1) is 0 Å². The molecule has 0 aliphatic carbocycles. The zero-order valence-electron chi connectivity index (χ0n) is 12.4. The number of pyridine rings is 1. The van der Waals surface area contributed by atoms with Gasteiger partial charge in [-0.1, -0.05) is 19.9 Å². The predicted octanol–water partition coefficient (Wildman–Crippen LogP) is 1.77. The number of nitrogens with zero attached hydrogens (tertiary/aromatic N) is 3. The van der Waals surface area contributed by atoms with Crippen molar-refractivity contribution >= 4 is 5.82 Å². The first-order valence-electron chi connectivity index (χ1n) is 7.35. The van der Waals surface area contributed by atoms with E-state index in [-0.39, 0.29) is 0 Å². The lowest BCUT2D eigenvalue weighted by Crippen LogP contribution is -2.37. The maximum Gasteiger partial charge on any atom is 0.133 e. The molecule has 2 heterocycles. The number of rotatable bonds is 5. The highest BCUT2D eigenvalue weighted by atomic mass is 15.3. The topological polar surface area (TPSA) is 45.4 Å². The van der Waals surface area contributed by atoms with E-state index in [1.54, 1.807) is 0 Å². The van der Waals surface area contributed by atoms with E-state index in [0.29, 0.717) is 12.6 Å². The monoisotopic (exact) mass is 262 g/mol. The zero-order chi connectivity index (χ0) is 13.8. The second-order valence-corrected chi connectivity index (χ2v) is 5.25. The summed E-state index contributed by atoms with van der Waals surface area (Å²) in [5.74, 6) is 1.09. The van der Waals surface area contributed by atoms with Crippen molar-refractivity contribution in [2.75, 3.05) is 31.1 Å². The number of nitrogens with two attached hydrogens (primary N) is 1. The van der Waals surface area contributed by atoms with Gasteiger partial charge in [-0.3, -0.25) is 4.90 Å². The maximum absolute atomic E-state index is 5.84. The number of likely N-dealkylation sites (N-methyl/N-ethyl adjacent to an activating group) is 1. The molecule has 1 aromatic rings. The zero-order valence-corrected chi connectivity index (χ0v) is 12.4. The molecule has 0 radical (unpaired) electrons. The third-order valence-corrected chi connectivity index (χ3v) is 4.11. The van der Waals surface area contributed by atoms with Gasteiger partial charge in [-0.05, 0) is 32.5 Å². The number of aryl methyl sites for hydroxylation is 1. The molecule has 1 unspecified atom stereocenters. The van der Waals surface area contributed by atoms with Crippen LogP contribution in [0.15, 0.2) is 12.1 Å². The Kier molecular flexibility index (Phi) is 4.77. The molecule has 1 aliphatic rings. The SMILES string of the molecule is CCN(CC)C1CCN(c2nc(C)ccc2CN)C1. The van der Waals surface area contributed by atoms with Crippen LogP contribution in [0.25, 0.3) is 0 Å². The molecule has 0 amide bonds. The van der Waals surface area contributed by atoms with E-state index in [9.17, 15) is 0 Å². The normalized spacial score (nSPS) is 19.4. The standard InChI is InChI=1S/C15H26N4/c1-4-18(5-2)14-8-9-19(11-14)15-13(10-16)7-6-12(3)17-15/h6-7,14H,4-5,8-11,16H2,1-3H3. The van der Waals surface area contributed by atoms with Gasteiger partial charge in [0.25, 0.3) is 0 Å². The minimum absolute atomic E-state index is 0.565. The second-order valence-electron chi connectivity index (χ2n) is 5.25. The summed E-state index contributed by atoms with van der Waals surface area (Å²) in [6.45, 7) is 11.5. The van der Waals surface area contributed by atoms with Crippen molar-refractivity contribution in [3.05, 3.63) is 23.4 Å². The van der Waals surface area contributed by atoms with Gasteiger partial charge < -0.3 is 10.6 Å². The molecule has 1 aliphatic heterocycles. The van der Waals surface area contributed by atoms with Crippen LogP contribution in [0.3, 0.4) is 0 Å². The van der Waals surface area contributed by atoms with Crippen LogP contribution >= 0.6 is 0 Å². The summed E-state index contributed by atoms with van der Waals surface area (Å²) < 4.78 is 0. The Bertz CT molecular complexity index is 415. The largest absolute Gasteiger partial charge is 0.355 e. The molecule has 1 saturated heterocycles. The molecule has 19 heavy (non-hydrogen) atoms. The van der Waals surface area contributed by atoms with Crippen molar-refractivity contribution in [1.29, 1.82) is 0 Å². The van der Waals surface area contributed by atoms with E-state index in [0.717, 1.165) is 43.3 Å². The Morgan fingerprint density at radius 3 is 2.74 bits per heavy atom. The average Bonchev–Trinajstić information content (AvgIpc) is 2.89. The molecule has 2 rings (SSSR count). The molecule has 1 fully saturated rings. The first-order chi connectivity index (χ1) is 9.19. The highest BCUT2D eigenvalue weighted by Gasteiger charge is 2.27. The highest BCUT2D eigenvalue weighted by Crippen LogP contribution is 2.24. The van der Waals surface area contributed by atoms with Gasteiger partial charge in [-0.2, -0.15) is 0 Å². The lowest BCUT2D eigenvalue weighted by molar-refractivity contribution is 0.232. The van der Waals surface area contributed by atoms with Crippen LogP contribution in [0.1, 0.15) is 31.5 Å². The number of anilines is 1. The molecule has 4 nitrogen and oxygen atoms in total. The Balaban J connectivity index is 2.14. The van der Waals surface area contributed by atoms with Gasteiger partial charge in [-0.25, -0.2) is 4.98 Å². The predicted molar refractivity (Wildman–Crippen MR) is 80.4 cm³/mol. The van der Waals surface area contributed by atoms with E-state index in [1.165, 1.54) is 6.42 Å². The Labute approximate surface area is 116 Å². The summed E-state index contributed by atoms with van der Waals surface area (Å²) in [6, 6.07) is 4.81. The summed E-state index contributed by atoms with van der Waals surface area (Å²) in [4.78, 5) is 9.64. The average molecular weight is 262 g/mol. The van der Waals surface area contributed by atoms with Crippen molar-refractivity contribution in [3.63, 3.8) is 0 Å². The van der Waals surface area contributed by atoms with Crippen molar-refractivity contribution in [2.45, 2.75) is 39.8 Å². The molecule has 1 aromatic heterocycles. The van der Waals surface area contributed by atoms with Gasteiger partial charge in [0.15, 0.2) is 0 Å². The summed E-state index contributed by atoms with van der Waals surface area (Å²) in [6.07, 6.45) is 1.22. The van der Waals surface area contributed by atoms with Crippen LogP contribution in [0.4, 0.5) is 5.82 Å². The van der Waals surface area contributed by atoms with Crippen LogP contribution in [0.5, 0.6) is 0 Å². The van der Waals surface area contributed by atoms with Gasteiger partial charge >= 0.3 is 0 Å². The summed E-state index contributed by atoms with van der Waals surface area (Å²) in [7, 11) is 0. The third kappa shape index (κ3) is 3.07. The molecular weight excluding hydrogens is 236 g/mol. The highest BCUT2D eigenvalue weighted by molar-refractivity contribution is 5.49. The van der Waals surface area contributed by atoms with Crippen molar-refractivity contribution in [3.8, 4) is 0 Å². The van der Waals surface area contributed by atoms with Gasteiger partial charge in [0.2, 0.25) is 0 Å². The Morgan fingerprint density at radius 2 is 2.11 bits per heavy atom. The molecule has 0 aromatic carbocycles. The first kappa shape index (κ1) is 14.3. The minimum atomic E-state index is 0.565. The maximum atomic E-state index is 5.84. The molecule has 1 atom stereocenters. The van der Waals surface area contributed by atoms with Crippen LogP contribution in [0.2, 0.25) is 0 Å². The quantitative estimate of drug-likeness (QED) is 0.878. The smallest absolute Gasteiger partial charge is 0.133 e. The fraction of sp³-hybridized carbons (Fsp3) is 0.667. The summed E-state index contributed by atoms with van der Waals surface area (Å²) in [5, 5.41) is 0. The number of hydrogen-bond acceptors (Lipinski definition) is 4. The van der Waals surface area contributed by atoms with Crippen molar-refractivity contribution in [1.82, 2.24) is 9.88 Å². The molecule has 2 N–H and O–H groups in total. The van der Waals surface area contributed by atoms with E-state index >= 15 is 0 Å². The van der Waals surface area contributed by atoms with Crippen molar-refractivity contribution in [2.24, 2.45) is 5.73 Å². The van der Waals surface area contributed by atoms with Crippen LogP contribution in [-0.4, -0.2) is 42.1 Å². The summed E-state index contributed by atoms with van der Waals surface area (Å²) >= 11 is 0. The van der Waals surface area contributed by atoms with Gasteiger partial charge in [0.05, 0.1) is 0 Å². The number of aromatic nitrogens is 1. The minimum Gasteiger partial charge on any atom is -0.355 e. The summed E-state index contributed by atoms with van der Waals surface area (Å²) in [5.41, 5.74) is 8.06. The van der Waals surface area contributed by atoms with E-state index in [4.69, 9.17) is 10.7 Å². The molecule has 0 spiro atoms. The van der Waals surface area contributed by atoms with Crippen molar-refractivity contribution < 1.29 is 0 Å². The first-order valence-corrected chi connectivity index (χ1v) is 7.35.